The molecule has 1 aromatic carbocycles. The van der Waals surface area contributed by atoms with Crippen molar-refractivity contribution in [3.8, 4) is 0 Å². The summed E-state index contributed by atoms with van der Waals surface area (Å²) in [4.78, 5) is 4.75. The zero-order valence-electron chi connectivity index (χ0n) is 12.5. The number of piperidine rings is 1. The van der Waals surface area contributed by atoms with Crippen LogP contribution in [0.5, 0.6) is 0 Å². The van der Waals surface area contributed by atoms with E-state index in [1.165, 1.54) is 0 Å². The second-order valence-corrected chi connectivity index (χ2v) is 7.01. The molecule has 4 heteroatoms. The minimum absolute atomic E-state index is 0.0100. The van der Waals surface area contributed by atoms with Gasteiger partial charge in [0.15, 0.2) is 0 Å². The van der Waals surface area contributed by atoms with Crippen LogP contribution in [-0.2, 0) is 5.41 Å². The van der Waals surface area contributed by atoms with Gasteiger partial charge in [0.05, 0.1) is 0 Å². The normalized spacial score (nSPS) is 21.5. The van der Waals surface area contributed by atoms with Crippen LogP contribution in [0.1, 0.15) is 24.0 Å². The van der Waals surface area contributed by atoms with Gasteiger partial charge in [-0.2, -0.15) is 0 Å². The fourth-order valence-corrected chi connectivity index (χ4v) is 4.15. The number of anilines is 1. The van der Waals surface area contributed by atoms with Gasteiger partial charge in [-0.15, -0.1) is 9.24 Å². The number of rotatable bonds is 2. The number of nitrogens with zero attached hydrogens (tertiary/aromatic N) is 2. The summed E-state index contributed by atoms with van der Waals surface area (Å²) in [6.07, 6.45) is 3.18. The van der Waals surface area contributed by atoms with Gasteiger partial charge in [-0.3, -0.25) is 0 Å². The quantitative estimate of drug-likeness (QED) is 0.774. The molecule has 0 aliphatic carbocycles. The van der Waals surface area contributed by atoms with Crippen LogP contribution in [0.15, 0.2) is 12.1 Å². The summed E-state index contributed by atoms with van der Waals surface area (Å²) in [6.45, 7) is 6.12. The summed E-state index contributed by atoms with van der Waals surface area (Å²) < 4.78 is 14.6. The Kier molecular flexibility index (Phi) is 3.77. The van der Waals surface area contributed by atoms with E-state index in [9.17, 15) is 4.39 Å². The second-order valence-electron chi connectivity index (χ2n) is 6.43. The second kappa shape index (κ2) is 5.27. The fraction of sp³-hybridized carbons (Fsp3) is 0.625. The molecule has 2 aliphatic heterocycles. The van der Waals surface area contributed by atoms with Gasteiger partial charge in [-0.25, -0.2) is 4.39 Å². The number of fused-ring (bicyclic) bond motifs is 2. The molecule has 1 aromatic rings. The summed E-state index contributed by atoms with van der Waals surface area (Å²) in [5.41, 5.74) is 3.21. The van der Waals surface area contributed by atoms with Crippen molar-refractivity contribution in [3.05, 3.63) is 29.1 Å². The SMILES string of the molecule is Cc1cc(F)c2c(c1)N(CCP)CC21CCN(C)CC1. The van der Waals surface area contributed by atoms with Gasteiger partial charge in [0.25, 0.3) is 0 Å². The Morgan fingerprint density at radius 2 is 2.00 bits per heavy atom. The molecule has 110 valence electrons. The van der Waals surface area contributed by atoms with E-state index < -0.39 is 0 Å². The van der Waals surface area contributed by atoms with Gasteiger partial charge < -0.3 is 9.80 Å². The van der Waals surface area contributed by atoms with Crippen molar-refractivity contribution < 1.29 is 4.39 Å². The maximum absolute atomic E-state index is 14.6. The molecule has 0 N–H and O–H groups in total. The predicted molar refractivity (Wildman–Crippen MR) is 86.3 cm³/mol. The maximum Gasteiger partial charge on any atom is 0.129 e. The van der Waals surface area contributed by atoms with E-state index in [0.29, 0.717) is 0 Å². The van der Waals surface area contributed by atoms with E-state index >= 15 is 0 Å². The summed E-state index contributed by atoms with van der Waals surface area (Å²) in [7, 11) is 4.95. The van der Waals surface area contributed by atoms with Crippen molar-refractivity contribution in [3.63, 3.8) is 0 Å². The highest BCUT2D eigenvalue weighted by Crippen LogP contribution is 2.48. The highest BCUT2D eigenvalue weighted by atomic mass is 31.0. The third-order valence-electron chi connectivity index (χ3n) is 4.92. The predicted octanol–water partition coefficient (Wildman–Crippen LogP) is 2.79. The van der Waals surface area contributed by atoms with Crippen molar-refractivity contribution in [2.45, 2.75) is 25.2 Å². The third kappa shape index (κ3) is 2.25. The first-order valence-corrected chi connectivity index (χ1v) is 8.31. The Morgan fingerprint density at radius 1 is 1.30 bits per heavy atom. The van der Waals surface area contributed by atoms with Crippen LogP contribution in [0.2, 0.25) is 0 Å². The number of aryl methyl sites for hydroxylation is 1. The molecule has 1 spiro atoms. The lowest BCUT2D eigenvalue weighted by atomic mass is 9.74. The Morgan fingerprint density at radius 3 is 2.65 bits per heavy atom. The third-order valence-corrected chi connectivity index (χ3v) is 5.18. The number of halogens is 1. The largest absolute Gasteiger partial charge is 0.370 e. The van der Waals surface area contributed by atoms with Crippen molar-refractivity contribution in [1.82, 2.24) is 4.90 Å². The molecule has 1 unspecified atom stereocenters. The van der Waals surface area contributed by atoms with Crippen LogP contribution in [0.4, 0.5) is 10.1 Å². The molecule has 1 fully saturated rings. The fourth-order valence-electron chi connectivity index (χ4n) is 3.84. The molecule has 0 radical (unpaired) electrons. The van der Waals surface area contributed by atoms with Crippen LogP contribution in [0.25, 0.3) is 0 Å². The monoisotopic (exact) mass is 294 g/mol. The molecule has 2 nitrogen and oxygen atoms in total. The van der Waals surface area contributed by atoms with Gasteiger partial charge in [0.1, 0.15) is 5.82 Å². The van der Waals surface area contributed by atoms with Crippen LogP contribution >= 0.6 is 9.24 Å². The van der Waals surface area contributed by atoms with Gasteiger partial charge in [0.2, 0.25) is 0 Å². The van der Waals surface area contributed by atoms with Crippen LogP contribution in [-0.4, -0.2) is 44.3 Å². The number of benzene rings is 1. The van der Waals surface area contributed by atoms with E-state index in [4.69, 9.17) is 0 Å². The number of likely N-dealkylation sites (tertiary alicyclic amines) is 1. The number of hydrogen-bond acceptors (Lipinski definition) is 2. The molecule has 0 bridgehead atoms. The van der Waals surface area contributed by atoms with Gasteiger partial charge in [0, 0.05) is 29.8 Å². The van der Waals surface area contributed by atoms with Crippen LogP contribution in [0.3, 0.4) is 0 Å². The topological polar surface area (TPSA) is 6.48 Å². The Bertz CT molecular complexity index is 509. The van der Waals surface area contributed by atoms with E-state index in [1.54, 1.807) is 6.07 Å². The van der Waals surface area contributed by atoms with Crippen molar-refractivity contribution in [2.24, 2.45) is 0 Å². The highest BCUT2D eigenvalue weighted by molar-refractivity contribution is 7.16. The molecular formula is C16H24FN2P. The molecule has 1 atom stereocenters. The van der Waals surface area contributed by atoms with E-state index in [0.717, 1.165) is 62.0 Å². The van der Waals surface area contributed by atoms with Gasteiger partial charge in [-0.1, -0.05) is 0 Å². The van der Waals surface area contributed by atoms with Gasteiger partial charge >= 0.3 is 0 Å². The zero-order chi connectivity index (χ0) is 14.3. The lowest BCUT2D eigenvalue weighted by Crippen LogP contribution is -2.44. The lowest BCUT2D eigenvalue weighted by Gasteiger charge is -2.38. The van der Waals surface area contributed by atoms with Gasteiger partial charge in [-0.05, 0) is 63.8 Å². The van der Waals surface area contributed by atoms with Crippen molar-refractivity contribution in [2.75, 3.05) is 44.3 Å². The molecule has 1 saturated heterocycles. The Hall–Kier alpha value is -0.660. The smallest absolute Gasteiger partial charge is 0.129 e. The molecule has 0 aromatic heterocycles. The summed E-state index contributed by atoms with van der Waals surface area (Å²) in [5, 5.41) is 0. The minimum atomic E-state index is 0.0100. The highest BCUT2D eigenvalue weighted by Gasteiger charge is 2.45. The molecule has 2 aliphatic rings. The molecule has 2 heterocycles. The summed E-state index contributed by atoms with van der Waals surface area (Å²) in [6, 6.07) is 3.88. The first-order valence-electron chi connectivity index (χ1n) is 7.50. The maximum atomic E-state index is 14.6. The first-order chi connectivity index (χ1) is 9.55. The lowest BCUT2D eigenvalue weighted by molar-refractivity contribution is 0.194. The zero-order valence-corrected chi connectivity index (χ0v) is 13.6. The summed E-state index contributed by atoms with van der Waals surface area (Å²) >= 11 is 0. The molecule has 20 heavy (non-hydrogen) atoms. The van der Waals surface area contributed by atoms with E-state index in [1.807, 2.05) is 6.92 Å². The molecular weight excluding hydrogens is 270 g/mol. The molecule has 0 saturated carbocycles. The van der Waals surface area contributed by atoms with Crippen molar-refractivity contribution >= 4 is 14.9 Å². The number of hydrogen-bond donors (Lipinski definition) is 0. The van der Waals surface area contributed by atoms with Crippen LogP contribution in [0, 0.1) is 12.7 Å². The Balaban J connectivity index is 2.05. The standard InChI is InChI=1S/C16H24FN2P/c1-12-9-13(17)15-14(10-12)19(7-8-20)11-16(15)3-5-18(2)6-4-16/h9-10H,3-8,11,20H2,1-2H3. The molecule has 0 amide bonds. The van der Waals surface area contributed by atoms with Crippen molar-refractivity contribution in [1.29, 1.82) is 0 Å². The first kappa shape index (κ1) is 14.3. The van der Waals surface area contributed by atoms with Crippen LogP contribution < -0.4 is 4.90 Å². The minimum Gasteiger partial charge on any atom is -0.370 e. The summed E-state index contributed by atoms with van der Waals surface area (Å²) in [5.74, 6) is 0.0100. The van der Waals surface area contributed by atoms with E-state index in [-0.39, 0.29) is 11.2 Å². The average molecular weight is 294 g/mol. The van der Waals surface area contributed by atoms with E-state index in [2.05, 4.69) is 32.2 Å². The average Bonchev–Trinajstić information content (AvgIpc) is 2.68. The molecule has 3 rings (SSSR count). The Labute approximate surface area is 123 Å².